The van der Waals surface area contributed by atoms with Gasteiger partial charge in [-0.25, -0.2) is 4.79 Å². The van der Waals surface area contributed by atoms with Crippen LogP contribution >= 0.6 is 23.4 Å². The number of nitrogens with zero attached hydrogens (tertiary/aromatic N) is 1. The molecule has 2 aliphatic heterocycles. The lowest BCUT2D eigenvalue weighted by molar-refractivity contribution is -0.205. The Bertz CT molecular complexity index is 1110. The van der Waals surface area contributed by atoms with Crippen LogP contribution in [-0.4, -0.2) is 54.2 Å². The van der Waals surface area contributed by atoms with Crippen molar-refractivity contribution in [1.29, 1.82) is 0 Å². The fraction of sp³-hybridized carbons (Fsp3) is 0.348. The summed E-state index contributed by atoms with van der Waals surface area (Å²) in [4.78, 5) is 38.3. The number of hydrogen-bond acceptors (Lipinski definition) is 6. The molecule has 6 nitrogen and oxygen atoms in total. The minimum atomic E-state index is -5.08. The molecule has 0 aromatic heterocycles. The number of esters is 1. The molecule has 2 aromatic rings. The van der Waals surface area contributed by atoms with E-state index in [4.69, 9.17) is 16.3 Å². The van der Waals surface area contributed by atoms with E-state index in [1.54, 1.807) is 36.4 Å². The lowest BCUT2D eigenvalue weighted by atomic mass is 10.0. The highest BCUT2D eigenvalue weighted by atomic mass is 35.5. The summed E-state index contributed by atoms with van der Waals surface area (Å²) in [5, 5.41) is 3.43. The molecular weight excluding hydrogens is 493 g/mol. The van der Waals surface area contributed by atoms with Gasteiger partial charge in [0.25, 0.3) is 11.8 Å². The van der Waals surface area contributed by atoms with Gasteiger partial charge in [0.1, 0.15) is 6.10 Å². The number of alkyl halides is 3. The van der Waals surface area contributed by atoms with Gasteiger partial charge in [0, 0.05) is 18.0 Å². The first-order valence-electron chi connectivity index (χ1n) is 10.6. The Hall–Kier alpha value is -2.56. The number of fused-ring (bicyclic) bond motifs is 2. The number of rotatable bonds is 6. The van der Waals surface area contributed by atoms with Gasteiger partial charge in [-0.1, -0.05) is 29.8 Å². The zero-order chi connectivity index (χ0) is 24.5. The zero-order valence-electron chi connectivity index (χ0n) is 17.8. The first-order chi connectivity index (χ1) is 16.2. The van der Waals surface area contributed by atoms with Crippen molar-refractivity contribution in [3.05, 3.63) is 63.7 Å². The normalized spacial score (nSPS) is 17.9. The van der Waals surface area contributed by atoms with Gasteiger partial charge in [0.15, 0.2) is 0 Å². The van der Waals surface area contributed by atoms with Gasteiger partial charge in [0.2, 0.25) is 0 Å². The molecule has 2 amide bonds. The van der Waals surface area contributed by atoms with E-state index in [2.05, 4.69) is 5.32 Å². The van der Waals surface area contributed by atoms with Gasteiger partial charge in [-0.3, -0.25) is 14.5 Å². The number of halogens is 4. The number of benzene rings is 2. The molecule has 0 fully saturated rings. The SMILES string of the molecule is O=C1c2ccccc2C(=O)N1CCCSc1c(Cl)ccc2c1CCNCC2OC(=O)C(F)(F)F. The predicted molar refractivity (Wildman–Crippen MR) is 120 cm³/mol. The van der Waals surface area contributed by atoms with Crippen LogP contribution in [-0.2, 0) is 16.0 Å². The quantitative estimate of drug-likeness (QED) is 0.267. The molecule has 2 aliphatic rings. The van der Waals surface area contributed by atoms with Crippen LogP contribution in [0.1, 0.15) is 44.4 Å². The van der Waals surface area contributed by atoms with Gasteiger partial charge in [-0.15, -0.1) is 11.8 Å². The van der Waals surface area contributed by atoms with Crippen molar-refractivity contribution < 1.29 is 32.3 Å². The molecule has 0 bridgehead atoms. The third-order valence-corrected chi connectivity index (χ3v) is 7.28. The Labute approximate surface area is 202 Å². The number of hydrogen-bond donors (Lipinski definition) is 1. The number of nitrogens with one attached hydrogen (secondary N) is 1. The fourth-order valence-corrected chi connectivity index (χ4v) is 5.45. The zero-order valence-corrected chi connectivity index (χ0v) is 19.4. The lowest BCUT2D eigenvalue weighted by Gasteiger charge is -2.21. The molecule has 2 heterocycles. The van der Waals surface area contributed by atoms with Gasteiger partial charge >= 0.3 is 12.1 Å². The summed E-state index contributed by atoms with van der Waals surface area (Å²) in [5.41, 5.74) is 1.99. The molecule has 1 N–H and O–H groups in total. The van der Waals surface area contributed by atoms with E-state index in [1.165, 1.54) is 16.7 Å². The second-order valence-corrected chi connectivity index (χ2v) is 9.31. The summed E-state index contributed by atoms with van der Waals surface area (Å²) in [7, 11) is 0. The summed E-state index contributed by atoms with van der Waals surface area (Å²) >= 11 is 7.80. The van der Waals surface area contributed by atoms with Gasteiger partial charge < -0.3 is 10.1 Å². The number of thioether (sulfide) groups is 1. The maximum Gasteiger partial charge on any atom is 0.490 e. The Kier molecular flexibility index (Phi) is 7.20. The van der Waals surface area contributed by atoms with E-state index in [0.717, 1.165) is 5.56 Å². The molecular formula is C23H20ClF3N2O4S. The van der Waals surface area contributed by atoms with Crippen molar-refractivity contribution in [3.8, 4) is 0 Å². The first kappa shape index (κ1) is 24.6. The van der Waals surface area contributed by atoms with E-state index in [-0.39, 0.29) is 24.9 Å². The molecule has 2 aromatic carbocycles. The van der Waals surface area contributed by atoms with Crippen LogP contribution in [0.4, 0.5) is 13.2 Å². The lowest BCUT2D eigenvalue weighted by Crippen LogP contribution is -2.31. The van der Waals surface area contributed by atoms with E-state index in [0.29, 0.717) is 51.7 Å². The smallest absolute Gasteiger partial charge is 0.449 e. The average molecular weight is 513 g/mol. The minimum Gasteiger partial charge on any atom is -0.449 e. The molecule has 1 atom stereocenters. The Morgan fingerprint density at radius 2 is 1.82 bits per heavy atom. The van der Waals surface area contributed by atoms with E-state index in [1.807, 2.05) is 0 Å². The molecule has 0 saturated heterocycles. The van der Waals surface area contributed by atoms with Crippen molar-refractivity contribution in [1.82, 2.24) is 10.2 Å². The minimum absolute atomic E-state index is 0.0559. The fourth-order valence-electron chi connectivity index (χ4n) is 4.03. The maximum absolute atomic E-state index is 12.7. The molecule has 1 unspecified atom stereocenters. The van der Waals surface area contributed by atoms with Crippen LogP contribution < -0.4 is 5.32 Å². The van der Waals surface area contributed by atoms with Crippen LogP contribution in [0.2, 0.25) is 5.02 Å². The van der Waals surface area contributed by atoms with Crippen LogP contribution in [0.5, 0.6) is 0 Å². The largest absolute Gasteiger partial charge is 0.490 e. The number of imide groups is 1. The van der Waals surface area contributed by atoms with Crippen molar-refractivity contribution >= 4 is 41.1 Å². The highest BCUT2D eigenvalue weighted by Gasteiger charge is 2.43. The summed E-state index contributed by atoms with van der Waals surface area (Å²) < 4.78 is 42.9. The Morgan fingerprint density at radius 1 is 1.15 bits per heavy atom. The first-order valence-corrected chi connectivity index (χ1v) is 11.9. The van der Waals surface area contributed by atoms with Crippen LogP contribution in [0.15, 0.2) is 41.3 Å². The van der Waals surface area contributed by atoms with Crippen LogP contribution in [0, 0.1) is 0 Å². The molecule has 11 heteroatoms. The monoisotopic (exact) mass is 512 g/mol. The second kappa shape index (κ2) is 9.97. The van der Waals surface area contributed by atoms with E-state index >= 15 is 0 Å². The molecule has 0 radical (unpaired) electrons. The summed E-state index contributed by atoms with van der Waals surface area (Å²) in [6.45, 7) is 0.773. The molecule has 0 aliphatic carbocycles. The second-order valence-electron chi connectivity index (χ2n) is 7.80. The highest BCUT2D eigenvalue weighted by Crippen LogP contribution is 2.38. The molecule has 0 spiro atoms. The van der Waals surface area contributed by atoms with Gasteiger partial charge in [0.05, 0.1) is 16.1 Å². The summed E-state index contributed by atoms with van der Waals surface area (Å²) in [5.74, 6) is -2.36. The Balaban J connectivity index is 1.44. The predicted octanol–water partition coefficient (Wildman–Crippen LogP) is 4.41. The topological polar surface area (TPSA) is 75.7 Å². The number of amides is 2. The highest BCUT2D eigenvalue weighted by molar-refractivity contribution is 7.99. The van der Waals surface area contributed by atoms with Crippen molar-refractivity contribution in [2.75, 3.05) is 25.4 Å². The number of ether oxygens (including phenoxy) is 1. The van der Waals surface area contributed by atoms with Crippen LogP contribution in [0.25, 0.3) is 0 Å². The Morgan fingerprint density at radius 3 is 2.47 bits per heavy atom. The standard InChI is InChI=1S/C23H20ClF3N2O4S/c24-17-7-6-13-14(8-9-28-12-18(13)33-22(32)23(25,26)27)19(17)34-11-3-10-29-20(30)15-4-1-2-5-16(15)21(29)31/h1-2,4-7,18,28H,3,8-12H2. The van der Waals surface area contributed by atoms with Gasteiger partial charge in [-0.2, -0.15) is 13.2 Å². The maximum atomic E-state index is 12.7. The van der Waals surface area contributed by atoms with Gasteiger partial charge in [-0.05, 0) is 54.5 Å². The summed E-state index contributed by atoms with van der Waals surface area (Å²) in [6, 6.07) is 9.83. The third kappa shape index (κ3) is 4.94. The van der Waals surface area contributed by atoms with Crippen LogP contribution in [0.3, 0.4) is 0 Å². The molecule has 180 valence electrons. The average Bonchev–Trinajstić information content (AvgIpc) is 2.92. The summed E-state index contributed by atoms with van der Waals surface area (Å²) in [6.07, 6.45) is -5.18. The van der Waals surface area contributed by atoms with Crippen molar-refractivity contribution in [2.45, 2.75) is 30.0 Å². The third-order valence-electron chi connectivity index (χ3n) is 5.61. The van der Waals surface area contributed by atoms with Crippen molar-refractivity contribution in [3.63, 3.8) is 0 Å². The van der Waals surface area contributed by atoms with E-state index < -0.39 is 18.2 Å². The number of carbonyl (C=O) groups is 3. The molecule has 0 saturated carbocycles. The van der Waals surface area contributed by atoms with E-state index in [9.17, 15) is 27.6 Å². The molecule has 4 rings (SSSR count). The van der Waals surface area contributed by atoms with Crippen molar-refractivity contribution in [2.24, 2.45) is 0 Å². The molecule has 34 heavy (non-hydrogen) atoms. The number of carbonyl (C=O) groups excluding carboxylic acids is 3.